The maximum Gasteiger partial charge on any atom is 0.131 e. The Morgan fingerprint density at radius 1 is 1.14 bits per heavy atom. The van der Waals surface area contributed by atoms with Gasteiger partial charge in [-0.05, 0) is 92.3 Å². The fourth-order valence-corrected chi connectivity index (χ4v) is 9.27. The molecule has 4 N–H and O–H groups in total. The quantitative estimate of drug-likeness (QED) is 0.403. The first-order chi connectivity index (χ1) is 17.5. The smallest absolute Gasteiger partial charge is 0.131 e. The number of hydrogen-bond donors (Lipinski definition) is 3. The van der Waals surface area contributed by atoms with Crippen LogP contribution in [0, 0.1) is 11.3 Å². The summed E-state index contributed by atoms with van der Waals surface area (Å²) in [6, 6.07) is 8.36. The molecule has 2 unspecified atom stereocenters. The number of anilines is 1. The number of fused-ring (bicyclic) bond motifs is 2. The summed E-state index contributed by atoms with van der Waals surface area (Å²) in [6.45, 7) is 2.38. The highest BCUT2D eigenvalue weighted by atomic mass is 35.5. The fraction of sp³-hybridized carbons (Fsp3) is 0.567. The summed E-state index contributed by atoms with van der Waals surface area (Å²) in [5, 5.41) is 24.3. The molecule has 7 rings (SSSR count). The number of benzene rings is 1. The molecule has 0 radical (unpaired) electrons. The predicted molar refractivity (Wildman–Crippen MR) is 146 cm³/mol. The average Bonchev–Trinajstić information content (AvgIpc) is 3.40. The topological polar surface area (TPSA) is 91.8 Å². The normalized spacial score (nSPS) is 44.3. The van der Waals surface area contributed by atoms with Crippen LogP contribution in [0.25, 0.3) is 16.3 Å². The maximum atomic E-state index is 11.2. The highest BCUT2D eigenvalue weighted by Crippen LogP contribution is 2.71. The van der Waals surface area contributed by atoms with Crippen LogP contribution >= 0.6 is 11.6 Å². The van der Waals surface area contributed by atoms with Crippen molar-refractivity contribution in [3.8, 4) is 0 Å². The second kappa shape index (κ2) is 7.57. The molecule has 196 valence electrons. The SMILES string of the molecule is CN(C)[C@H]1C[C@@]23CC[C@]4(O2)C2CC=C(c5ccc6ccnc(N)c6c5)[C@@]2(C)CCC4(Cl)C=C3[C@@H](O)[C@@H]1O. The van der Waals surface area contributed by atoms with Gasteiger partial charge in [0.2, 0.25) is 0 Å². The molecule has 2 bridgehead atoms. The number of nitrogen functional groups attached to an aromatic ring is 1. The number of ether oxygens (including phenoxy) is 1. The number of rotatable bonds is 2. The molecule has 2 aliphatic heterocycles. The van der Waals surface area contributed by atoms with Gasteiger partial charge in [-0.2, -0.15) is 0 Å². The van der Waals surface area contributed by atoms with Crippen molar-refractivity contribution in [2.75, 3.05) is 19.8 Å². The van der Waals surface area contributed by atoms with E-state index < -0.39 is 28.3 Å². The van der Waals surface area contributed by atoms with E-state index in [-0.39, 0.29) is 17.4 Å². The molecule has 1 aromatic carbocycles. The van der Waals surface area contributed by atoms with E-state index in [0.717, 1.165) is 48.4 Å². The van der Waals surface area contributed by atoms with Crippen LogP contribution in [0.5, 0.6) is 0 Å². The number of aromatic nitrogens is 1. The molecule has 1 aromatic heterocycles. The van der Waals surface area contributed by atoms with E-state index in [1.807, 2.05) is 25.1 Å². The molecule has 7 heteroatoms. The lowest BCUT2D eigenvalue weighted by molar-refractivity contribution is -0.199. The molecular weight excluding hydrogens is 486 g/mol. The van der Waals surface area contributed by atoms with E-state index in [1.165, 1.54) is 11.1 Å². The molecular formula is C30H36ClN3O3. The Morgan fingerprint density at radius 3 is 2.73 bits per heavy atom. The molecule has 3 aliphatic carbocycles. The first kappa shape index (κ1) is 24.1. The molecule has 2 spiro atoms. The van der Waals surface area contributed by atoms with Crippen molar-refractivity contribution < 1.29 is 14.9 Å². The second-order valence-electron chi connectivity index (χ2n) is 12.6. The molecule has 37 heavy (non-hydrogen) atoms. The molecule has 3 fully saturated rings. The number of hydrogen-bond acceptors (Lipinski definition) is 6. The molecule has 2 aromatic rings. The van der Waals surface area contributed by atoms with Gasteiger partial charge in [-0.15, -0.1) is 11.6 Å². The molecule has 6 nitrogen and oxygen atoms in total. The van der Waals surface area contributed by atoms with E-state index >= 15 is 0 Å². The number of aliphatic hydroxyl groups is 2. The zero-order chi connectivity index (χ0) is 26.0. The van der Waals surface area contributed by atoms with Crippen LogP contribution in [-0.2, 0) is 4.74 Å². The van der Waals surface area contributed by atoms with Gasteiger partial charge in [0.25, 0.3) is 0 Å². The average molecular weight is 522 g/mol. The summed E-state index contributed by atoms with van der Waals surface area (Å²) < 4.78 is 7.27. The standard InChI is InChI=1S/C30H36ClN3O3/c1-27-9-11-29(31)15-21-24(35)25(36)22(34(2)3)16-28(21)10-12-30(29,37-28)23(27)7-6-20(27)18-5-4-17-8-13-33-26(32)19(17)14-18/h4-6,8,13-15,22-25,35-36H,7,9-12,16H2,1-3H3,(H2,32,33)/t22-,23?,24+,25+,27+,28+,29?,30-/m0/s1. The predicted octanol–water partition coefficient (Wildman–Crippen LogP) is 4.28. The van der Waals surface area contributed by atoms with E-state index in [1.54, 1.807) is 6.20 Å². The van der Waals surface area contributed by atoms with Crippen molar-refractivity contribution in [2.45, 2.75) is 79.8 Å². The highest BCUT2D eigenvalue weighted by Gasteiger charge is 2.73. The molecule has 5 aliphatic rings. The van der Waals surface area contributed by atoms with Crippen molar-refractivity contribution in [1.82, 2.24) is 9.88 Å². The van der Waals surface area contributed by atoms with Gasteiger partial charge in [-0.3, -0.25) is 0 Å². The number of nitrogens with two attached hydrogens (primary N) is 1. The molecule has 2 saturated carbocycles. The number of alkyl halides is 1. The molecule has 8 atom stereocenters. The van der Waals surface area contributed by atoms with Gasteiger partial charge in [0.05, 0.1) is 22.2 Å². The number of nitrogens with zero attached hydrogens (tertiary/aromatic N) is 2. The van der Waals surface area contributed by atoms with E-state index in [4.69, 9.17) is 22.1 Å². The summed E-state index contributed by atoms with van der Waals surface area (Å²) in [5.41, 5.74) is 8.40. The van der Waals surface area contributed by atoms with Gasteiger partial charge in [0, 0.05) is 23.5 Å². The summed E-state index contributed by atoms with van der Waals surface area (Å²) >= 11 is 7.56. The van der Waals surface area contributed by atoms with E-state index in [2.05, 4.69) is 42.3 Å². The zero-order valence-electron chi connectivity index (χ0n) is 21.7. The van der Waals surface area contributed by atoms with Gasteiger partial charge in [-0.1, -0.05) is 31.2 Å². The largest absolute Gasteiger partial charge is 0.388 e. The van der Waals surface area contributed by atoms with E-state index in [0.29, 0.717) is 12.2 Å². The third-order valence-corrected chi connectivity index (χ3v) is 11.4. The van der Waals surface area contributed by atoms with Crippen molar-refractivity contribution >= 4 is 33.8 Å². The lowest BCUT2D eigenvalue weighted by atomic mass is 9.54. The van der Waals surface area contributed by atoms with Crippen LogP contribution in [0.3, 0.4) is 0 Å². The van der Waals surface area contributed by atoms with Gasteiger partial charge in [0.15, 0.2) is 0 Å². The Morgan fingerprint density at radius 2 is 1.95 bits per heavy atom. The third-order valence-electron chi connectivity index (χ3n) is 10.8. The van der Waals surface area contributed by atoms with Gasteiger partial charge >= 0.3 is 0 Å². The van der Waals surface area contributed by atoms with Crippen LogP contribution in [0.1, 0.15) is 51.0 Å². The maximum absolute atomic E-state index is 11.2. The zero-order valence-corrected chi connectivity index (χ0v) is 22.5. The summed E-state index contributed by atoms with van der Waals surface area (Å²) in [7, 11) is 3.92. The monoisotopic (exact) mass is 521 g/mol. The number of pyridine rings is 1. The van der Waals surface area contributed by atoms with Crippen molar-refractivity contribution in [3.05, 3.63) is 53.8 Å². The molecule has 3 heterocycles. The fourth-order valence-electron chi connectivity index (χ4n) is 8.79. The minimum Gasteiger partial charge on any atom is -0.388 e. The second-order valence-corrected chi connectivity index (χ2v) is 13.2. The van der Waals surface area contributed by atoms with Gasteiger partial charge in [0.1, 0.15) is 11.9 Å². The number of allylic oxidation sites excluding steroid dienone is 2. The van der Waals surface area contributed by atoms with Crippen LogP contribution < -0.4 is 5.73 Å². The van der Waals surface area contributed by atoms with Gasteiger partial charge < -0.3 is 25.6 Å². The Labute approximate surface area is 223 Å². The first-order valence-corrected chi connectivity index (χ1v) is 13.9. The minimum absolute atomic E-state index is 0.0896. The lowest BCUT2D eigenvalue weighted by Gasteiger charge is -2.61. The van der Waals surface area contributed by atoms with Crippen LogP contribution in [0.4, 0.5) is 5.82 Å². The Bertz CT molecular complexity index is 1380. The number of likely N-dealkylation sites (N-methyl/N-ethyl adjacent to an activating group) is 1. The Kier molecular flexibility index (Phi) is 4.94. The van der Waals surface area contributed by atoms with Crippen LogP contribution in [0.15, 0.2) is 48.2 Å². The molecule has 0 amide bonds. The Balaban J connectivity index is 1.30. The Hall–Kier alpha value is -1.96. The summed E-state index contributed by atoms with van der Waals surface area (Å²) in [4.78, 5) is 5.62. The third kappa shape index (κ3) is 2.94. The molecule has 1 saturated heterocycles. The number of halogens is 1. The van der Waals surface area contributed by atoms with Crippen LogP contribution in [-0.4, -0.2) is 68.5 Å². The van der Waals surface area contributed by atoms with Crippen LogP contribution in [0.2, 0.25) is 0 Å². The van der Waals surface area contributed by atoms with Gasteiger partial charge in [-0.25, -0.2) is 4.98 Å². The summed E-state index contributed by atoms with van der Waals surface area (Å²) in [6.07, 6.45) is 9.38. The van der Waals surface area contributed by atoms with Crippen molar-refractivity contribution in [2.24, 2.45) is 11.3 Å². The highest BCUT2D eigenvalue weighted by molar-refractivity contribution is 6.26. The lowest BCUT2D eigenvalue weighted by Crippen LogP contribution is -2.68. The summed E-state index contributed by atoms with van der Waals surface area (Å²) in [5.74, 6) is 0.781. The minimum atomic E-state index is -0.963. The van der Waals surface area contributed by atoms with Crippen molar-refractivity contribution in [1.29, 1.82) is 0 Å². The number of aliphatic hydroxyl groups excluding tert-OH is 2. The van der Waals surface area contributed by atoms with Crippen molar-refractivity contribution in [3.63, 3.8) is 0 Å². The first-order valence-electron chi connectivity index (χ1n) is 13.5. The van der Waals surface area contributed by atoms with E-state index in [9.17, 15) is 10.2 Å².